The van der Waals surface area contributed by atoms with E-state index in [2.05, 4.69) is 0 Å². The van der Waals surface area contributed by atoms with Crippen LogP contribution in [0, 0.1) is 0 Å². The maximum atomic E-state index is 11.9. The Labute approximate surface area is 117 Å². The number of hydrogen-bond donors (Lipinski definition) is 1. The molecule has 0 aliphatic carbocycles. The standard InChI is InChI=1S/C14H19NO5/c1-15(7-6-14(17)18)13(16)9-10-4-5-11(19-2)12(8-10)20-3/h4-5,8H,6-7,9H2,1-3H3,(H,17,18). The normalized spacial score (nSPS) is 9.95. The number of benzene rings is 1. The van der Waals surface area contributed by atoms with Gasteiger partial charge in [-0.1, -0.05) is 6.07 Å². The Hall–Kier alpha value is -2.24. The van der Waals surface area contributed by atoms with Gasteiger partial charge in [-0.15, -0.1) is 0 Å². The first kappa shape index (κ1) is 15.8. The second-order valence-electron chi connectivity index (χ2n) is 4.33. The lowest BCUT2D eigenvalue weighted by Gasteiger charge is -2.16. The molecule has 0 fully saturated rings. The van der Waals surface area contributed by atoms with E-state index in [0.717, 1.165) is 5.56 Å². The third kappa shape index (κ3) is 4.46. The summed E-state index contributed by atoms with van der Waals surface area (Å²) in [6.45, 7) is 0.196. The van der Waals surface area contributed by atoms with E-state index in [0.29, 0.717) is 11.5 Å². The zero-order valence-electron chi connectivity index (χ0n) is 11.9. The van der Waals surface area contributed by atoms with Gasteiger partial charge in [-0.25, -0.2) is 0 Å². The van der Waals surface area contributed by atoms with Gasteiger partial charge < -0.3 is 19.5 Å². The van der Waals surface area contributed by atoms with Gasteiger partial charge in [0.1, 0.15) is 0 Å². The summed E-state index contributed by atoms with van der Waals surface area (Å²) < 4.78 is 10.3. The van der Waals surface area contributed by atoms with E-state index in [9.17, 15) is 9.59 Å². The number of carboxylic acid groups (broad SMARTS) is 1. The van der Waals surface area contributed by atoms with Crippen molar-refractivity contribution in [3.63, 3.8) is 0 Å². The lowest BCUT2D eigenvalue weighted by molar-refractivity contribution is -0.138. The van der Waals surface area contributed by atoms with Crippen molar-refractivity contribution in [1.82, 2.24) is 4.90 Å². The fraction of sp³-hybridized carbons (Fsp3) is 0.429. The number of aliphatic carboxylic acids is 1. The summed E-state index contributed by atoms with van der Waals surface area (Å²) in [5.41, 5.74) is 0.787. The van der Waals surface area contributed by atoms with Crippen LogP contribution < -0.4 is 9.47 Å². The zero-order valence-corrected chi connectivity index (χ0v) is 11.9. The number of carboxylic acids is 1. The molecule has 0 heterocycles. The van der Waals surface area contributed by atoms with Gasteiger partial charge in [-0.2, -0.15) is 0 Å². The van der Waals surface area contributed by atoms with Gasteiger partial charge in [0, 0.05) is 13.6 Å². The average molecular weight is 281 g/mol. The number of nitrogens with zero attached hydrogens (tertiary/aromatic N) is 1. The SMILES string of the molecule is COc1ccc(CC(=O)N(C)CCC(=O)O)cc1OC. The molecule has 0 bridgehead atoms. The van der Waals surface area contributed by atoms with Gasteiger partial charge in [0.2, 0.25) is 5.91 Å². The minimum Gasteiger partial charge on any atom is -0.493 e. The number of rotatable bonds is 7. The van der Waals surface area contributed by atoms with Crippen LogP contribution in [0.4, 0.5) is 0 Å². The lowest BCUT2D eigenvalue weighted by Crippen LogP contribution is -2.30. The molecule has 6 heteroatoms. The molecule has 0 saturated heterocycles. The number of carbonyl (C=O) groups excluding carboxylic acids is 1. The molecule has 0 aliphatic rings. The molecular weight excluding hydrogens is 262 g/mol. The van der Waals surface area contributed by atoms with Crippen molar-refractivity contribution in [2.24, 2.45) is 0 Å². The van der Waals surface area contributed by atoms with Gasteiger partial charge in [0.05, 0.1) is 27.1 Å². The highest BCUT2D eigenvalue weighted by atomic mass is 16.5. The Balaban J connectivity index is 2.68. The summed E-state index contributed by atoms with van der Waals surface area (Å²) in [6, 6.07) is 5.25. The Bertz CT molecular complexity index is 486. The summed E-state index contributed by atoms with van der Waals surface area (Å²) in [5, 5.41) is 8.59. The molecule has 0 aliphatic heterocycles. The fourth-order valence-corrected chi connectivity index (χ4v) is 1.69. The zero-order chi connectivity index (χ0) is 15.1. The van der Waals surface area contributed by atoms with Crippen LogP contribution in [0.1, 0.15) is 12.0 Å². The largest absolute Gasteiger partial charge is 0.493 e. The smallest absolute Gasteiger partial charge is 0.305 e. The number of ether oxygens (including phenoxy) is 2. The van der Waals surface area contributed by atoms with Crippen LogP contribution in [-0.4, -0.2) is 49.7 Å². The van der Waals surface area contributed by atoms with Crippen molar-refractivity contribution in [2.45, 2.75) is 12.8 Å². The number of likely N-dealkylation sites (N-methyl/N-ethyl adjacent to an activating group) is 1. The maximum absolute atomic E-state index is 11.9. The average Bonchev–Trinajstić information content (AvgIpc) is 2.44. The van der Waals surface area contributed by atoms with Gasteiger partial charge in [0.15, 0.2) is 11.5 Å². The number of carbonyl (C=O) groups is 2. The molecule has 0 unspecified atom stereocenters. The van der Waals surface area contributed by atoms with Crippen molar-refractivity contribution in [3.05, 3.63) is 23.8 Å². The third-order valence-corrected chi connectivity index (χ3v) is 2.89. The van der Waals surface area contributed by atoms with Crippen LogP contribution in [0.2, 0.25) is 0 Å². The Morgan fingerprint density at radius 1 is 1.20 bits per heavy atom. The van der Waals surface area contributed by atoms with E-state index in [-0.39, 0.29) is 25.3 Å². The molecule has 0 atom stereocenters. The highest BCUT2D eigenvalue weighted by Gasteiger charge is 2.12. The number of methoxy groups -OCH3 is 2. The second-order valence-corrected chi connectivity index (χ2v) is 4.33. The molecule has 1 rings (SSSR count). The summed E-state index contributed by atoms with van der Waals surface area (Å²) in [4.78, 5) is 23.8. The van der Waals surface area contributed by atoms with Gasteiger partial charge in [0.25, 0.3) is 0 Å². The number of amides is 1. The van der Waals surface area contributed by atoms with E-state index in [1.165, 1.54) is 12.0 Å². The van der Waals surface area contributed by atoms with Gasteiger partial charge in [-0.05, 0) is 17.7 Å². The van der Waals surface area contributed by atoms with Gasteiger partial charge in [-0.3, -0.25) is 9.59 Å². The molecule has 1 aromatic carbocycles. The van der Waals surface area contributed by atoms with Crippen molar-refractivity contribution in [2.75, 3.05) is 27.8 Å². The first-order chi connectivity index (χ1) is 9.47. The molecular formula is C14H19NO5. The monoisotopic (exact) mass is 281 g/mol. The summed E-state index contributed by atoms with van der Waals surface area (Å²) in [5.74, 6) is 0.100. The molecule has 1 amide bonds. The van der Waals surface area contributed by atoms with Crippen LogP contribution in [0.15, 0.2) is 18.2 Å². The quantitative estimate of drug-likeness (QED) is 0.812. The molecule has 0 radical (unpaired) electrons. The molecule has 6 nitrogen and oxygen atoms in total. The van der Waals surface area contributed by atoms with Crippen molar-refractivity contribution in [3.8, 4) is 11.5 Å². The van der Waals surface area contributed by atoms with Crippen LogP contribution in [0.5, 0.6) is 11.5 Å². The van der Waals surface area contributed by atoms with Crippen LogP contribution in [0.25, 0.3) is 0 Å². The fourth-order valence-electron chi connectivity index (χ4n) is 1.69. The van der Waals surface area contributed by atoms with E-state index in [1.54, 1.807) is 32.4 Å². The van der Waals surface area contributed by atoms with Crippen LogP contribution in [-0.2, 0) is 16.0 Å². The first-order valence-electron chi connectivity index (χ1n) is 6.14. The van der Waals surface area contributed by atoms with Crippen molar-refractivity contribution < 1.29 is 24.2 Å². The minimum atomic E-state index is -0.921. The van der Waals surface area contributed by atoms with E-state index >= 15 is 0 Å². The van der Waals surface area contributed by atoms with E-state index in [1.807, 2.05) is 0 Å². The Morgan fingerprint density at radius 3 is 2.40 bits per heavy atom. The highest BCUT2D eigenvalue weighted by Crippen LogP contribution is 2.27. The molecule has 0 spiro atoms. The van der Waals surface area contributed by atoms with E-state index in [4.69, 9.17) is 14.6 Å². The first-order valence-corrected chi connectivity index (χ1v) is 6.14. The predicted molar refractivity (Wildman–Crippen MR) is 73.1 cm³/mol. The van der Waals surface area contributed by atoms with E-state index < -0.39 is 5.97 Å². The van der Waals surface area contributed by atoms with Crippen LogP contribution >= 0.6 is 0 Å². The molecule has 1 N–H and O–H groups in total. The molecule has 0 aromatic heterocycles. The topological polar surface area (TPSA) is 76.1 Å². The van der Waals surface area contributed by atoms with Gasteiger partial charge >= 0.3 is 5.97 Å². The Morgan fingerprint density at radius 2 is 1.85 bits per heavy atom. The molecule has 110 valence electrons. The highest BCUT2D eigenvalue weighted by molar-refractivity contribution is 5.79. The Kier molecular flexibility index (Phi) is 5.83. The summed E-state index contributed by atoms with van der Waals surface area (Å²) in [6.07, 6.45) is 0.130. The van der Waals surface area contributed by atoms with Crippen molar-refractivity contribution in [1.29, 1.82) is 0 Å². The second kappa shape index (κ2) is 7.37. The maximum Gasteiger partial charge on any atom is 0.305 e. The summed E-state index contributed by atoms with van der Waals surface area (Å²) in [7, 11) is 4.66. The number of hydrogen-bond acceptors (Lipinski definition) is 4. The minimum absolute atomic E-state index is 0.0613. The van der Waals surface area contributed by atoms with Crippen molar-refractivity contribution >= 4 is 11.9 Å². The lowest BCUT2D eigenvalue weighted by atomic mass is 10.1. The van der Waals surface area contributed by atoms with Crippen LogP contribution in [0.3, 0.4) is 0 Å². The molecule has 1 aromatic rings. The third-order valence-electron chi connectivity index (χ3n) is 2.89. The molecule has 0 saturated carbocycles. The molecule has 20 heavy (non-hydrogen) atoms. The predicted octanol–water partition coefficient (Wildman–Crippen LogP) is 1.18. The summed E-state index contributed by atoms with van der Waals surface area (Å²) >= 11 is 0.